The highest BCUT2D eigenvalue weighted by atomic mass is 16.3. The second-order valence-corrected chi connectivity index (χ2v) is 12.0. The first kappa shape index (κ1) is 23.5. The summed E-state index contributed by atoms with van der Waals surface area (Å²) in [7, 11) is 0. The Morgan fingerprint density at radius 1 is 0.400 bits per heavy atom. The SMILES string of the molecule is [2H]c1c([2H])c([2H])c(-c2cc(-c3cccc4c3oc3c(-c5nc(-c6ccccc6)nc(-c6ccccc6)n5)cccc34)c3c(c2)oc2ccccc23)c([2H])c1[2H]. The van der Waals surface area contributed by atoms with E-state index in [0.29, 0.717) is 50.9 Å². The Bertz CT molecular complexity index is 3070. The molecule has 0 amide bonds. The molecule has 0 N–H and O–H groups in total. The second kappa shape index (κ2) is 11.4. The van der Waals surface area contributed by atoms with E-state index in [1.54, 1.807) is 6.07 Å². The molecule has 0 saturated carbocycles. The van der Waals surface area contributed by atoms with Gasteiger partial charge in [0, 0.05) is 38.2 Å². The minimum Gasteiger partial charge on any atom is -0.456 e. The Kier molecular flexibility index (Phi) is 5.35. The number of rotatable bonds is 5. The van der Waals surface area contributed by atoms with Crippen LogP contribution in [0.15, 0.2) is 173 Å². The van der Waals surface area contributed by atoms with E-state index in [-0.39, 0.29) is 17.6 Å². The summed E-state index contributed by atoms with van der Waals surface area (Å²) >= 11 is 0. The van der Waals surface area contributed by atoms with Crippen molar-refractivity contribution in [3.8, 4) is 56.4 Å². The van der Waals surface area contributed by atoms with Crippen molar-refractivity contribution in [3.05, 3.63) is 164 Å². The third-order valence-corrected chi connectivity index (χ3v) is 9.02. The van der Waals surface area contributed by atoms with E-state index in [2.05, 4.69) is 0 Å². The number of hydrogen-bond donors (Lipinski definition) is 0. The molecule has 10 aromatic rings. The first-order valence-corrected chi connectivity index (χ1v) is 16.2. The Labute approximate surface area is 294 Å². The van der Waals surface area contributed by atoms with Gasteiger partial charge in [0.2, 0.25) is 0 Å². The summed E-state index contributed by atoms with van der Waals surface area (Å²) < 4.78 is 55.8. The molecule has 0 fully saturated rings. The maximum absolute atomic E-state index is 8.78. The fraction of sp³-hybridized carbons (Fsp3) is 0. The molecule has 0 aliphatic carbocycles. The smallest absolute Gasteiger partial charge is 0.167 e. The molecular weight excluding hydrogens is 615 g/mol. The average Bonchev–Trinajstić information content (AvgIpc) is 3.81. The zero-order chi connectivity index (χ0) is 37.4. The lowest BCUT2D eigenvalue weighted by Gasteiger charge is -2.09. The van der Waals surface area contributed by atoms with Crippen LogP contribution in [0.5, 0.6) is 0 Å². The molecule has 10 rings (SSSR count). The van der Waals surface area contributed by atoms with E-state index in [1.807, 2.05) is 127 Å². The van der Waals surface area contributed by atoms with Crippen molar-refractivity contribution < 1.29 is 15.7 Å². The van der Waals surface area contributed by atoms with Gasteiger partial charge < -0.3 is 8.83 Å². The molecule has 5 nitrogen and oxygen atoms in total. The first-order chi connectivity index (χ1) is 26.9. The zero-order valence-electron chi connectivity index (χ0n) is 31.4. The number of para-hydroxylation sites is 3. The van der Waals surface area contributed by atoms with Crippen molar-refractivity contribution in [1.82, 2.24) is 15.0 Å². The van der Waals surface area contributed by atoms with E-state index >= 15 is 0 Å². The average molecular weight is 647 g/mol. The lowest BCUT2D eigenvalue weighted by molar-refractivity contribution is 0.669. The summed E-state index contributed by atoms with van der Waals surface area (Å²) in [5, 5.41) is 3.43. The van der Waals surface area contributed by atoms with Crippen molar-refractivity contribution in [3.63, 3.8) is 0 Å². The number of hydrogen-bond acceptors (Lipinski definition) is 5. The van der Waals surface area contributed by atoms with Gasteiger partial charge in [0.1, 0.15) is 22.3 Å². The molecule has 50 heavy (non-hydrogen) atoms. The standard InChI is InChI=1S/C45H27N3O2/c1-4-14-28(15-5-1)31-26-37(40-35-20-10-11-25-38(35)49-39(40)27-31)34-23-12-21-32-33-22-13-24-36(42(33)50-41(32)34)45-47-43(29-16-6-2-7-17-29)46-44(48-45)30-18-8-3-9-19-30/h1-27H/i1D,4D,5D,14D,15D. The molecule has 0 atom stereocenters. The van der Waals surface area contributed by atoms with E-state index in [0.717, 1.165) is 43.8 Å². The quantitative estimate of drug-likeness (QED) is 0.186. The molecule has 0 bridgehead atoms. The molecule has 7 aromatic carbocycles. The van der Waals surface area contributed by atoms with Crippen molar-refractivity contribution in [2.45, 2.75) is 0 Å². The molecule has 5 heteroatoms. The van der Waals surface area contributed by atoms with Gasteiger partial charge in [0.15, 0.2) is 17.5 Å². The highest BCUT2D eigenvalue weighted by Crippen LogP contribution is 2.45. The molecule has 0 saturated heterocycles. The van der Waals surface area contributed by atoms with E-state index < -0.39 is 18.1 Å². The molecule has 234 valence electrons. The van der Waals surface area contributed by atoms with Gasteiger partial charge in [-0.05, 0) is 41.0 Å². The lowest BCUT2D eigenvalue weighted by Crippen LogP contribution is -2.00. The van der Waals surface area contributed by atoms with Crippen molar-refractivity contribution in [2.24, 2.45) is 0 Å². The van der Waals surface area contributed by atoms with Gasteiger partial charge in [-0.3, -0.25) is 0 Å². The molecule has 0 aliphatic rings. The fourth-order valence-corrected chi connectivity index (χ4v) is 6.74. The largest absolute Gasteiger partial charge is 0.456 e. The summed E-state index contributed by atoms with van der Waals surface area (Å²) in [6, 6.07) is 41.0. The first-order valence-electron chi connectivity index (χ1n) is 18.7. The second-order valence-electron chi connectivity index (χ2n) is 12.0. The van der Waals surface area contributed by atoms with Crippen LogP contribution in [0, 0.1) is 0 Å². The van der Waals surface area contributed by atoms with Gasteiger partial charge in [0.25, 0.3) is 0 Å². The molecule has 0 radical (unpaired) electrons. The summed E-state index contributed by atoms with van der Waals surface area (Å²) in [5.74, 6) is 1.54. The van der Waals surface area contributed by atoms with Crippen molar-refractivity contribution in [2.75, 3.05) is 0 Å². The van der Waals surface area contributed by atoms with Crippen LogP contribution < -0.4 is 0 Å². The minimum absolute atomic E-state index is 0.0898. The summed E-state index contributed by atoms with van der Waals surface area (Å²) in [5.41, 5.74) is 6.80. The van der Waals surface area contributed by atoms with Gasteiger partial charge in [0.05, 0.1) is 12.4 Å². The molecular formula is C45H27N3O2. The summed E-state index contributed by atoms with van der Waals surface area (Å²) in [6.45, 7) is 0. The van der Waals surface area contributed by atoms with Gasteiger partial charge in [-0.2, -0.15) is 0 Å². The van der Waals surface area contributed by atoms with Crippen LogP contribution in [-0.4, -0.2) is 15.0 Å². The zero-order valence-corrected chi connectivity index (χ0v) is 26.4. The normalized spacial score (nSPS) is 13.0. The number of fused-ring (bicyclic) bond motifs is 6. The molecule has 0 spiro atoms. The molecule has 3 heterocycles. The van der Waals surface area contributed by atoms with Crippen LogP contribution >= 0.6 is 0 Å². The topological polar surface area (TPSA) is 65.0 Å². The Hall–Kier alpha value is -6.85. The number of benzene rings is 7. The molecule has 3 aromatic heterocycles. The Morgan fingerprint density at radius 3 is 1.68 bits per heavy atom. The van der Waals surface area contributed by atoms with Gasteiger partial charge in [-0.15, -0.1) is 0 Å². The van der Waals surface area contributed by atoms with Crippen LogP contribution in [0.2, 0.25) is 0 Å². The third kappa shape index (κ3) is 4.60. The van der Waals surface area contributed by atoms with Crippen LogP contribution in [0.3, 0.4) is 0 Å². The van der Waals surface area contributed by atoms with E-state index in [9.17, 15) is 0 Å². The van der Waals surface area contributed by atoms with Gasteiger partial charge in [-0.1, -0.05) is 139 Å². The number of furan rings is 2. The van der Waals surface area contributed by atoms with E-state index in [4.69, 9.17) is 30.6 Å². The molecule has 0 unspecified atom stereocenters. The van der Waals surface area contributed by atoms with Gasteiger partial charge in [-0.25, -0.2) is 15.0 Å². The number of aromatic nitrogens is 3. The van der Waals surface area contributed by atoms with Gasteiger partial charge >= 0.3 is 0 Å². The maximum Gasteiger partial charge on any atom is 0.167 e. The highest BCUT2D eigenvalue weighted by Gasteiger charge is 2.22. The molecule has 0 aliphatic heterocycles. The third-order valence-electron chi connectivity index (χ3n) is 9.02. The van der Waals surface area contributed by atoms with Crippen LogP contribution in [0.1, 0.15) is 6.85 Å². The monoisotopic (exact) mass is 646 g/mol. The predicted octanol–water partition coefficient (Wildman–Crippen LogP) is 12.0. The van der Waals surface area contributed by atoms with Crippen LogP contribution in [0.4, 0.5) is 0 Å². The van der Waals surface area contributed by atoms with E-state index in [1.165, 1.54) is 0 Å². The minimum atomic E-state index is -0.448. The summed E-state index contributed by atoms with van der Waals surface area (Å²) in [4.78, 5) is 14.8. The van der Waals surface area contributed by atoms with Crippen molar-refractivity contribution >= 4 is 43.9 Å². The highest BCUT2D eigenvalue weighted by molar-refractivity contribution is 6.19. The number of nitrogens with zero attached hydrogens (tertiary/aromatic N) is 3. The lowest BCUT2D eigenvalue weighted by atomic mass is 9.93. The summed E-state index contributed by atoms with van der Waals surface area (Å²) in [6.07, 6.45) is 0. The Balaban J connectivity index is 1.24. The van der Waals surface area contributed by atoms with Crippen LogP contribution in [-0.2, 0) is 0 Å². The fourth-order valence-electron chi connectivity index (χ4n) is 6.74. The predicted molar refractivity (Wildman–Crippen MR) is 202 cm³/mol. The van der Waals surface area contributed by atoms with Crippen LogP contribution in [0.25, 0.3) is 100 Å². The maximum atomic E-state index is 8.78. The Morgan fingerprint density at radius 2 is 0.980 bits per heavy atom. The van der Waals surface area contributed by atoms with Crippen molar-refractivity contribution in [1.29, 1.82) is 0 Å².